The van der Waals surface area contributed by atoms with Gasteiger partial charge in [-0.1, -0.05) is 70.5 Å². The van der Waals surface area contributed by atoms with E-state index in [9.17, 15) is 22.8 Å². The van der Waals surface area contributed by atoms with E-state index in [1.54, 1.807) is 6.07 Å². The zero-order chi connectivity index (χ0) is 27.4. The molecule has 0 radical (unpaired) electrons. The molecule has 1 atom stereocenters. The molecule has 1 N–H and O–H groups in total. The number of carbonyl (C=O) groups is 3. The minimum absolute atomic E-state index is 0.0261. The monoisotopic (exact) mass is 597 g/mol. The Hall–Kier alpha value is -3.50. The number of amides is 3. The summed E-state index contributed by atoms with van der Waals surface area (Å²) in [4.78, 5) is 41.5. The summed E-state index contributed by atoms with van der Waals surface area (Å²) in [5, 5.41) is 2.89. The molecule has 1 aliphatic heterocycles. The van der Waals surface area contributed by atoms with Crippen molar-refractivity contribution in [1.82, 2.24) is 14.5 Å². The van der Waals surface area contributed by atoms with Crippen molar-refractivity contribution in [3.8, 4) is 0 Å². The highest BCUT2D eigenvalue weighted by Gasteiger charge is 2.43. The van der Waals surface area contributed by atoms with Crippen molar-refractivity contribution in [2.75, 3.05) is 6.54 Å². The van der Waals surface area contributed by atoms with Crippen molar-refractivity contribution in [2.45, 2.75) is 43.8 Å². The van der Waals surface area contributed by atoms with Gasteiger partial charge in [-0.15, -0.1) is 0 Å². The maximum absolute atomic E-state index is 13.9. The third kappa shape index (κ3) is 5.97. The summed E-state index contributed by atoms with van der Waals surface area (Å²) in [7, 11) is -4.20. The van der Waals surface area contributed by atoms with Crippen LogP contribution in [0.2, 0.25) is 0 Å². The first-order chi connectivity index (χ1) is 18.1. The van der Waals surface area contributed by atoms with Gasteiger partial charge in [0.15, 0.2) is 0 Å². The second kappa shape index (κ2) is 11.5. The van der Waals surface area contributed by atoms with Gasteiger partial charge in [0, 0.05) is 23.5 Å². The zero-order valence-electron chi connectivity index (χ0n) is 21.0. The van der Waals surface area contributed by atoms with Gasteiger partial charge in [-0.3, -0.25) is 14.4 Å². The molecule has 10 heteroatoms. The molecule has 3 aromatic rings. The van der Waals surface area contributed by atoms with Crippen LogP contribution >= 0.6 is 15.9 Å². The van der Waals surface area contributed by atoms with E-state index in [1.165, 1.54) is 23.1 Å². The van der Waals surface area contributed by atoms with Crippen molar-refractivity contribution in [1.29, 1.82) is 0 Å². The standard InChI is InChI=1S/C28H28BrN3O5S/c1-19(2)30-27(34)24(16-20-8-4-3-5-9-20)31(17-21-12-14-22(29)15-13-21)26(33)18-32-28(35)23-10-6-7-11-25(23)38(32,36)37/h3-15,19,24H,16-18H2,1-2H3,(H,30,34)/t24-/m1/s1. The number of sulfonamides is 1. The summed E-state index contributed by atoms with van der Waals surface area (Å²) < 4.78 is 27.7. The number of benzene rings is 3. The lowest BCUT2D eigenvalue weighted by Crippen LogP contribution is -2.54. The van der Waals surface area contributed by atoms with E-state index in [1.807, 2.05) is 68.4 Å². The van der Waals surface area contributed by atoms with Crippen LogP contribution in [0, 0.1) is 0 Å². The molecule has 0 saturated heterocycles. The molecular formula is C28H28BrN3O5S. The average Bonchev–Trinajstić information content (AvgIpc) is 3.08. The Kier molecular flexibility index (Phi) is 8.32. The van der Waals surface area contributed by atoms with Crippen molar-refractivity contribution < 1.29 is 22.8 Å². The van der Waals surface area contributed by atoms with Crippen LogP contribution in [0.15, 0.2) is 88.2 Å². The fraction of sp³-hybridized carbons (Fsp3) is 0.250. The van der Waals surface area contributed by atoms with Gasteiger partial charge in [0.05, 0.1) is 5.56 Å². The molecule has 1 heterocycles. The van der Waals surface area contributed by atoms with Crippen LogP contribution in [0.5, 0.6) is 0 Å². The van der Waals surface area contributed by atoms with Crippen molar-refractivity contribution in [3.05, 3.63) is 100 Å². The van der Waals surface area contributed by atoms with E-state index >= 15 is 0 Å². The van der Waals surface area contributed by atoms with Crippen LogP contribution in [0.3, 0.4) is 0 Å². The molecule has 3 amide bonds. The third-order valence-corrected chi connectivity index (χ3v) is 8.47. The van der Waals surface area contributed by atoms with Crippen LogP contribution in [0.1, 0.15) is 35.3 Å². The first-order valence-electron chi connectivity index (χ1n) is 12.1. The molecule has 0 aromatic heterocycles. The van der Waals surface area contributed by atoms with Crippen LogP contribution in [0.25, 0.3) is 0 Å². The summed E-state index contributed by atoms with van der Waals surface area (Å²) in [6, 6.07) is 21.3. The van der Waals surface area contributed by atoms with Gasteiger partial charge < -0.3 is 10.2 Å². The van der Waals surface area contributed by atoms with Gasteiger partial charge in [-0.2, -0.15) is 0 Å². The summed E-state index contributed by atoms with van der Waals surface area (Å²) >= 11 is 3.40. The lowest BCUT2D eigenvalue weighted by Gasteiger charge is -2.33. The van der Waals surface area contributed by atoms with Gasteiger partial charge >= 0.3 is 0 Å². The van der Waals surface area contributed by atoms with Crippen LogP contribution in [0.4, 0.5) is 0 Å². The molecule has 198 valence electrons. The summed E-state index contributed by atoms with van der Waals surface area (Å²) in [6.07, 6.45) is 0.211. The van der Waals surface area contributed by atoms with E-state index in [2.05, 4.69) is 21.2 Å². The number of rotatable bonds is 9. The second-order valence-electron chi connectivity index (χ2n) is 9.33. The quantitative estimate of drug-likeness (QED) is 0.404. The number of nitrogens with one attached hydrogen (secondary N) is 1. The molecule has 4 rings (SSSR count). The van der Waals surface area contributed by atoms with Gasteiger partial charge in [-0.05, 0) is 49.2 Å². The molecule has 0 aliphatic carbocycles. The number of carbonyl (C=O) groups excluding carboxylic acids is 3. The number of nitrogens with zero attached hydrogens (tertiary/aromatic N) is 2. The molecule has 3 aromatic carbocycles. The molecule has 0 spiro atoms. The third-order valence-electron chi connectivity index (χ3n) is 6.16. The Morgan fingerprint density at radius 2 is 1.55 bits per heavy atom. The molecule has 38 heavy (non-hydrogen) atoms. The van der Waals surface area contributed by atoms with Gasteiger partial charge in [0.2, 0.25) is 11.8 Å². The first-order valence-corrected chi connectivity index (χ1v) is 14.4. The predicted molar refractivity (Wildman–Crippen MR) is 147 cm³/mol. The SMILES string of the molecule is CC(C)NC(=O)[C@@H](Cc1ccccc1)N(Cc1ccc(Br)cc1)C(=O)CN1C(=O)c2ccccc2S1(=O)=O. The van der Waals surface area contributed by atoms with Crippen LogP contribution < -0.4 is 5.32 Å². The molecule has 0 saturated carbocycles. The maximum Gasteiger partial charge on any atom is 0.269 e. The summed E-state index contributed by atoms with van der Waals surface area (Å²) in [6.45, 7) is 2.98. The Morgan fingerprint density at radius 3 is 2.18 bits per heavy atom. The highest BCUT2D eigenvalue weighted by Crippen LogP contribution is 2.30. The normalized spacial score (nSPS) is 14.7. The van der Waals surface area contributed by atoms with Gasteiger partial charge in [0.25, 0.3) is 15.9 Å². The smallest absolute Gasteiger partial charge is 0.269 e. The van der Waals surface area contributed by atoms with E-state index in [4.69, 9.17) is 0 Å². The number of hydrogen-bond donors (Lipinski definition) is 1. The minimum atomic E-state index is -4.20. The largest absolute Gasteiger partial charge is 0.352 e. The summed E-state index contributed by atoms with van der Waals surface area (Å²) in [5.74, 6) is -1.78. The predicted octanol–water partition coefficient (Wildman–Crippen LogP) is 3.76. The van der Waals surface area contributed by atoms with Crippen molar-refractivity contribution in [3.63, 3.8) is 0 Å². The van der Waals surface area contributed by atoms with Crippen molar-refractivity contribution >= 4 is 43.7 Å². The van der Waals surface area contributed by atoms with E-state index in [0.29, 0.717) is 4.31 Å². The topological polar surface area (TPSA) is 104 Å². The second-order valence-corrected chi connectivity index (χ2v) is 12.1. The van der Waals surface area contributed by atoms with Gasteiger partial charge in [0.1, 0.15) is 17.5 Å². The first kappa shape index (κ1) is 27.5. The molecular weight excluding hydrogens is 570 g/mol. The molecule has 0 unspecified atom stereocenters. The van der Waals surface area contributed by atoms with E-state index in [0.717, 1.165) is 15.6 Å². The van der Waals surface area contributed by atoms with Crippen LogP contribution in [-0.2, 0) is 32.6 Å². The fourth-order valence-corrected chi connectivity index (χ4v) is 6.10. The summed E-state index contributed by atoms with van der Waals surface area (Å²) in [5.41, 5.74) is 1.61. The maximum atomic E-state index is 13.9. The zero-order valence-corrected chi connectivity index (χ0v) is 23.4. The number of hydrogen-bond acceptors (Lipinski definition) is 5. The molecule has 8 nitrogen and oxygen atoms in total. The minimum Gasteiger partial charge on any atom is -0.352 e. The van der Waals surface area contributed by atoms with Gasteiger partial charge in [-0.25, -0.2) is 12.7 Å². The van der Waals surface area contributed by atoms with E-state index < -0.39 is 34.4 Å². The fourth-order valence-electron chi connectivity index (χ4n) is 4.32. The highest BCUT2D eigenvalue weighted by molar-refractivity contribution is 9.10. The number of halogens is 1. The Bertz CT molecular complexity index is 1440. The average molecular weight is 599 g/mol. The van der Waals surface area contributed by atoms with Crippen molar-refractivity contribution in [2.24, 2.45) is 0 Å². The number of fused-ring (bicyclic) bond motifs is 1. The van der Waals surface area contributed by atoms with Crippen LogP contribution in [-0.4, -0.2) is 54.0 Å². The lowest BCUT2D eigenvalue weighted by atomic mass is 10.0. The Balaban J connectivity index is 1.71. The molecule has 0 fully saturated rings. The lowest BCUT2D eigenvalue weighted by molar-refractivity contribution is -0.141. The highest BCUT2D eigenvalue weighted by atomic mass is 79.9. The molecule has 0 bridgehead atoms. The Labute approximate surface area is 230 Å². The molecule has 1 aliphatic rings. The van der Waals surface area contributed by atoms with E-state index in [-0.39, 0.29) is 35.4 Å². The Morgan fingerprint density at radius 1 is 0.921 bits per heavy atom.